The van der Waals surface area contributed by atoms with Crippen molar-refractivity contribution in [2.24, 2.45) is 11.7 Å². The van der Waals surface area contributed by atoms with Gasteiger partial charge in [0.1, 0.15) is 0 Å². The molecule has 0 spiro atoms. The van der Waals surface area contributed by atoms with E-state index >= 15 is 0 Å². The topological polar surface area (TPSA) is 147 Å². The van der Waals surface area contributed by atoms with Gasteiger partial charge in [-0.15, -0.1) is 0 Å². The van der Waals surface area contributed by atoms with Crippen LogP contribution in [-0.4, -0.2) is 58.8 Å². The first-order valence-corrected chi connectivity index (χ1v) is 15.2. The third kappa shape index (κ3) is 5.61. The van der Waals surface area contributed by atoms with Gasteiger partial charge in [-0.1, -0.05) is 11.6 Å². The van der Waals surface area contributed by atoms with Crippen LogP contribution in [0.4, 0.5) is 5.69 Å². The van der Waals surface area contributed by atoms with E-state index in [-0.39, 0.29) is 35.2 Å². The van der Waals surface area contributed by atoms with Crippen molar-refractivity contribution in [1.82, 2.24) is 14.5 Å². The molecule has 1 saturated carbocycles. The molecule has 1 aliphatic heterocycles. The number of rotatable bonds is 6. The Morgan fingerprint density at radius 1 is 1.18 bits per heavy atom. The molecule has 1 unspecified atom stereocenters. The van der Waals surface area contributed by atoms with E-state index < -0.39 is 21.9 Å². The molecule has 1 saturated heterocycles. The second kappa shape index (κ2) is 10.4. The molecular formula is C27H32ClN5O5S. The molecule has 4 atom stereocenters. The number of anilines is 1. The number of hydrogen-bond donors (Lipinski definition) is 3. The van der Waals surface area contributed by atoms with Gasteiger partial charge >= 0.3 is 5.97 Å². The predicted molar refractivity (Wildman–Crippen MR) is 149 cm³/mol. The summed E-state index contributed by atoms with van der Waals surface area (Å²) >= 11 is 6.19. The van der Waals surface area contributed by atoms with Crippen LogP contribution < -0.4 is 10.5 Å². The van der Waals surface area contributed by atoms with Crippen LogP contribution in [0.25, 0.3) is 5.52 Å². The average molecular weight is 574 g/mol. The van der Waals surface area contributed by atoms with Gasteiger partial charge in [0, 0.05) is 23.8 Å². The zero-order valence-corrected chi connectivity index (χ0v) is 23.4. The molecule has 4 N–H and O–H groups in total. The highest BCUT2D eigenvalue weighted by Gasteiger charge is 2.39. The van der Waals surface area contributed by atoms with Crippen LogP contribution in [0.1, 0.15) is 71.2 Å². The minimum absolute atomic E-state index is 0.150. The zero-order chi connectivity index (χ0) is 28.1. The lowest BCUT2D eigenvalue weighted by molar-refractivity contribution is -0.142. The normalized spacial score (nSPS) is 23.7. The second-order valence-corrected chi connectivity index (χ2v) is 12.9. The Morgan fingerprint density at radius 2 is 1.95 bits per heavy atom. The van der Waals surface area contributed by atoms with Gasteiger partial charge in [-0.05, 0) is 86.4 Å². The summed E-state index contributed by atoms with van der Waals surface area (Å²) in [5, 5.41) is 14.9. The van der Waals surface area contributed by atoms with Gasteiger partial charge in [0.05, 0.1) is 40.7 Å². The Bertz CT molecular complexity index is 1560. The number of nitrogens with zero attached hydrogens (tertiary/aromatic N) is 3. The van der Waals surface area contributed by atoms with Crippen molar-refractivity contribution in [2.45, 2.75) is 57.0 Å². The highest BCUT2D eigenvalue weighted by molar-refractivity contribution is 7.92. The Morgan fingerprint density at radius 3 is 2.67 bits per heavy atom. The summed E-state index contributed by atoms with van der Waals surface area (Å²) < 4.78 is 28.0. The lowest BCUT2D eigenvalue weighted by Crippen LogP contribution is -2.39. The molecule has 0 bridgehead atoms. The lowest BCUT2D eigenvalue weighted by Gasteiger charge is -2.35. The molecule has 5 rings (SSSR count). The van der Waals surface area contributed by atoms with E-state index in [0.717, 1.165) is 41.4 Å². The standard InChI is InChI=1S/C27H32ClN5O5S/c1-15-14-33-18(12-19(15)20-10-17(29)11-21(20)27(35)36)13-24(30-33)25-5-3-4-8-32(25)26(34)22-9-16(28)6-7-23(22)31-39(2,37)38/h6-7,9,12-14,17,20-21,25,31H,3-5,8,10-11,29H2,1-2H3,(H,35,36)/t17-,20?,21-,25-/m0/s1. The van der Waals surface area contributed by atoms with Crippen molar-refractivity contribution in [3.63, 3.8) is 0 Å². The second-order valence-electron chi connectivity index (χ2n) is 10.7. The number of sulfonamides is 1. The van der Waals surface area contributed by atoms with E-state index in [0.29, 0.717) is 30.8 Å². The van der Waals surface area contributed by atoms with Crippen LogP contribution in [0, 0.1) is 12.8 Å². The zero-order valence-electron chi connectivity index (χ0n) is 21.8. The summed E-state index contributed by atoms with van der Waals surface area (Å²) in [5.74, 6) is -1.85. The van der Waals surface area contributed by atoms with Crippen LogP contribution in [0.3, 0.4) is 0 Å². The summed E-state index contributed by atoms with van der Waals surface area (Å²) in [5.41, 5.74) is 9.92. The number of carboxylic acids is 1. The molecule has 2 aliphatic rings. The van der Waals surface area contributed by atoms with E-state index in [1.54, 1.807) is 9.42 Å². The number of hydrogen-bond acceptors (Lipinski definition) is 6. The number of amides is 1. The number of piperidine rings is 1. The van der Waals surface area contributed by atoms with Crippen molar-refractivity contribution < 1.29 is 23.1 Å². The largest absolute Gasteiger partial charge is 0.481 e. The number of benzene rings is 1. The number of nitrogens with two attached hydrogens (primary N) is 1. The number of pyridine rings is 1. The molecule has 1 aliphatic carbocycles. The van der Waals surface area contributed by atoms with Crippen LogP contribution in [-0.2, 0) is 14.8 Å². The summed E-state index contributed by atoms with van der Waals surface area (Å²) in [7, 11) is -3.61. The van der Waals surface area contributed by atoms with Crippen molar-refractivity contribution in [2.75, 3.05) is 17.5 Å². The molecule has 10 nitrogen and oxygen atoms in total. The number of aromatic nitrogens is 2. The fourth-order valence-electron chi connectivity index (χ4n) is 6.05. The minimum Gasteiger partial charge on any atom is -0.481 e. The molecule has 3 aromatic rings. The monoisotopic (exact) mass is 573 g/mol. The number of likely N-dealkylation sites (tertiary alicyclic amines) is 1. The molecule has 39 heavy (non-hydrogen) atoms. The molecule has 2 aromatic heterocycles. The van der Waals surface area contributed by atoms with Crippen LogP contribution in [0.15, 0.2) is 36.5 Å². The fraction of sp³-hybridized carbons (Fsp3) is 0.444. The molecular weight excluding hydrogens is 542 g/mol. The first-order chi connectivity index (χ1) is 18.4. The number of carbonyl (C=O) groups excluding carboxylic acids is 1. The summed E-state index contributed by atoms with van der Waals surface area (Å²) in [6, 6.07) is 7.97. The highest BCUT2D eigenvalue weighted by atomic mass is 35.5. The van der Waals surface area contributed by atoms with Gasteiger partial charge in [0.2, 0.25) is 10.0 Å². The number of aliphatic carboxylic acids is 1. The predicted octanol–water partition coefficient (Wildman–Crippen LogP) is 3.94. The summed E-state index contributed by atoms with van der Waals surface area (Å²) in [6.07, 6.45) is 6.43. The van der Waals surface area contributed by atoms with Crippen LogP contribution in [0.2, 0.25) is 5.02 Å². The number of carbonyl (C=O) groups is 2. The number of aryl methyl sites for hydroxylation is 1. The summed E-state index contributed by atoms with van der Waals surface area (Å²) in [6.45, 7) is 2.44. The quantitative estimate of drug-likeness (QED) is 0.404. The van der Waals surface area contributed by atoms with Gasteiger partial charge in [0.15, 0.2) is 0 Å². The smallest absolute Gasteiger partial charge is 0.307 e. The Balaban J connectivity index is 1.50. The number of carboxylic acid groups (broad SMARTS) is 1. The third-order valence-corrected chi connectivity index (χ3v) is 8.61. The van der Waals surface area contributed by atoms with E-state index in [9.17, 15) is 23.1 Å². The molecule has 2 fully saturated rings. The first-order valence-electron chi connectivity index (χ1n) is 13.0. The van der Waals surface area contributed by atoms with E-state index in [4.69, 9.17) is 22.4 Å². The number of nitrogens with one attached hydrogen (secondary N) is 1. The van der Waals surface area contributed by atoms with Crippen molar-refractivity contribution in [1.29, 1.82) is 0 Å². The fourth-order valence-corrected chi connectivity index (χ4v) is 6.80. The molecule has 208 valence electrons. The van der Waals surface area contributed by atoms with Crippen molar-refractivity contribution in [3.05, 3.63) is 63.9 Å². The number of halogens is 1. The minimum atomic E-state index is -3.61. The molecule has 1 aromatic carbocycles. The molecule has 12 heteroatoms. The Kier molecular flexibility index (Phi) is 7.34. The van der Waals surface area contributed by atoms with E-state index in [1.807, 2.05) is 25.3 Å². The molecule has 0 radical (unpaired) electrons. The highest BCUT2D eigenvalue weighted by Crippen LogP contribution is 2.41. The molecule has 1 amide bonds. The summed E-state index contributed by atoms with van der Waals surface area (Å²) in [4.78, 5) is 27.4. The van der Waals surface area contributed by atoms with E-state index in [1.165, 1.54) is 18.2 Å². The van der Waals surface area contributed by atoms with Crippen LogP contribution >= 0.6 is 11.6 Å². The first kappa shape index (κ1) is 27.4. The maximum Gasteiger partial charge on any atom is 0.307 e. The van der Waals surface area contributed by atoms with Gasteiger partial charge in [-0.25, -0.2) is 12.9 Å². The third-order valence-electron chi connectivity index (χ3n) is 7.79. The van der Waals surface area contributed by atoms with Crippen molar-refractivity contribution >= 4 is 44.7 Å². The number of fused-ring (bicyclic) bond motifs is 1. The average Bonchev–Trinajstić information content (AvgIpc) is 3.46. The maximum absolute atomic E-state index is 13.8. The van der Waals surface area contributed by atoms with Gasteiger partial charge in [0.25, 0.3) is 5.91 Å². The van der Waals surface area contributed by atoms with Crippen LogP contribution in [0.5, 0.6) is 0 Å². The Labute approximate surface area is 232 Å². The Hall–Kier alpha value is -3.15. The van der Waals surface area contributed by atoms with Gasteiger partial charge < -0.3 is 15.7 Å². The maximum atomic E-state index is 13.8. The van der Waals surface area contributed by atoms with Crippen molar-refractivity contribution in [3.8, 4) is 0 Å². The van der Waals surface area contributed by atoms with Gasteiger partial charge in [-0.2, -0.15) is 5.10 Å². The lowest BCUT2D eigenvalue weighted by atomic mass is 9.87. The molecule has 3 heterocycles. The SMILES string of the molecule is Cc1cn2nc([C@@H]3CCCCN3C(=O)c3cc(Cl)ccc3NS(C)(=O)=O)cc2cc1C1C[C@H](N)C[C@@H]1C(=O)O. The van der Waals surface area contributed by atoms with Gasteiger partial charge in [-0.3, -0.25) is 14.3 Å². The van der Waals surface area contributed by atoms with E-state index in [2.05, 4.69) is 4.72 Å².